The summed E-state index contributed by atoms with van der Waals surface area (Å²) in [5, 5.41) is 10.1. The molecule has 1 aromatic rings. The Morgan fingerprint density at radius 3 is 1.95 bits per heavy atom. The molecule has 2 aliphatic rings. The van der Waals surface area contributed by atoms with Crippen molar-refractivity contribution in [2.24, 2.45) is 16.7 Å². The summed E-state index contributed by atoms with van der Waals surface area (Å²) in [4.78, 5) is 33.1. The number of benzene rings is 1. The maximum Gasteiger partial charge on any atom is 1.00 e. The monoisotopic (exact) mass is 326 g/mol. The molecule has 0 saturated heterocycles. The van der Waals surface area contributed by atoms with E-state index in [1.165, 1.54) is 12.1 Å². The number of carbonyl (C=O) groups excluding carboxylic acids is 3. The van der Waals surface area contributed by atoms with Crippen molar-refractivity contribution in [3.8, 4) is 0 Å². The van der Waals surface area contributed by atoms with Gasteiger partial charge >= 0.3 is 51.4 Å². The van der Waals surface area contributed by atoms with Crippen molar-refractivity contribution in [2.75, 3.05) is 0 Å². The van der Waals surface area contributed by atoms with Gasteiger partial charge in [0.15, 0.2) is 0 Å². The predicted octanol–water partition coefficient (Wildman–Crippen LogP) is -1.37. The maximum atomic E-state index is 11.6. The number of aromatic carboxylic acids is 1. The molecule has 2 atom stereocenters. The van der Waals surface area contributed by atoms with E-state index in [1.807, 2.05) is 20.8 Å². The van der Waals surface area contributed by atoms with Gasteiger partial charge in [-0.1, -0.05) is 51.1 Å². The van der Waals surface area contributed by atoms with E-state index in [1.54, 1.807) is 18.2 Å². The second kappa shape index (κ2) is 7.05. The fourth-order valence-corrected chi connectivity index (χ4v) is 3.37. The molecule has 0 N–H and O–H groups in total. The van der Waals surface area contributed by atoms with Gasteiger partial charge in [-0.15, -0.1) is 0 Å². The molecule has 0 heterocycles. The van der Waals surface area contributed by atoms with Crippen LogP contribution in [0.2, 0.25) is 0 Å². The van der Waals surface area contributed by atoms with Gasteiger partial charge in [0, 0.05) is 11.3 Å². The topological polar surface area (TPSA) is 74.3 Å². The molecular formula is C17H19KO4. The predicted molar refractivity (Wildman–Crippen MR) is 75.4 cm³/mol. The van der Waals surface area contributed by atoms with E-state index >= 15 is 0 Å². The minimum absolute atomic E-state index is 0. The third-order valence-corrected chi connectivity index (χ3v) is 5.28. The van der Waals surface area contributed by atoms with Crippen LogP contribution in [-0.4, -0.2) is 17.5 Å². The fourth-order valence-electron chi connectivity index (χ4n) is 3.37. The number of carboxylic acid groups (broad SMARTS) is 1. The van der Waals surface area contributed by atoms with Crippen LogP contribution in [0.3, 0.4) is 0 Å². The van der Waals surface area contributed by atoms with Crippen molar-refractivity contribution in [3.63, 3.8) is 0 Å². The summed E-state index contributed by atoms with van der Waals surface area (Å²) >= 11 is 0. The Labute approximate surface area is 173 Å². The third-order valence-electron chi connectivity index (χ3n) is 5.28. The largest absolute Gasteiger partial charge is 1.00 e. The molecule has 0 amide bonds. The average Bonchev–Trinajstić information content (AvgIpc) is 2.75. The Morgan fingerprint density at radius 1 is 1.14 bits per heavy atom. The van der Waals surface area contributed by atoms with Crippen LogP contribution in [0.25, 0.3) is 0 Å². The van der Waals surface area contributed by atoms with E-state index in [9.17, 15) is 19.5 Å². The van der Waals surface area contributed by atoms with Crippen molar-refractivity contribution >= 4 is 17.5 Å². The van der Waals surface area contributed by atoms with Crippen LogP contribution in [0.5, 0.6) is 0 Å². The molecular weight excluding hydrogens is 307 g/mol. The smallest absolute Gasteiger partial charge is 0.545 e. The zero-order valence-electron chi connectivity index (χ0n) is 13.5. The number of hydrogen-bond donors (Lipinski definition) is 0. The number of hydrogen-bond acceptors (Lipinski definition) is 4. The van der Waals surface area contributed by atoms with Crippen LogP contribution in [0.1, 0.15) is 44.0 Å². The molecule has 2 fully saturated rings. The Bertz CT molecular complexity index is 594. The first-order valence-electron chi connectivity index (χ1n) is 7.07. The quantitative estimate of drug-likeness (QED) is 0.472. The van der Waals surface area contributed by atoms with Gasteiger partial charge in [-0.2, -0.15) is 0 Å². The Morgan fingerprint density at radius 2 is 1.68 bits per heavy atom. The van der Waals surface area contributed by atoms with E-state index in [0.29, 0.717) is 0 Å². The molecule has 22 heavy (non-hydrogen) atoms. The molecule has 2 saturated carbocycles. The van der Waals surface area contributed by atoms with E-state index in [0.717, 1.165) is 12.8 Å². The molecule has 4 nitrogen and oxygen atoms in total. The molecule has 2 bridgehead atoms. The molecule has 1 aromatic carbocycles. The van der Waals surface area contributed by atoms with Crippen molar-refractivity contribution in [2.45, 2.75) is 33.6 Å². The van der Waals surface area contributed by atoms with Crippen LogP contribution in [-0.2, 0) is 9.59 Å². The van der Waals surface area contributed by atoms with Gasteiger partial charge < -0.3 is 9.90 Å². The second-order valence-corrected chi connectivity index (χ2v) is 6.49. The number of fused-ring (bicyclic) bond motifs is 2. The van der Waals surface area contributed by atoms with Crippen molar-refractivity contribution in [3.05, 3.63) is 35.9 Å². The van der Waals surface area contributed by atoms with Crippen molar-refractivity contribution < 1.29 is 70.9 Å². The zero-order valence-corrected chi connectivity index (χ0v) is 16.6. The number of carboxylic acids is 1. The number of carbonyl (C=O) groups is 3. The number of Topliss-reactive ketones (excluding diaryl/α,β-unsaturated/α-hetero) is 2. The van der Waals surface area contributed by atoms with Gasteiger partial charge in [0.2, 0.25) is 11.6 Å². The standard InChI is InChI=1S/C10H14O2.C7H6O2.K/c1-9(2)6-4-5-10(9,3)8(12)7(6)11;8-7(9)6-4-2-1-3-5-6;/h6H,4-5H2,1-3H3;1-5H,(H,8,9);/q;;+1/p-1. The first-order valence-corrected chi connectivity index (χ1v) is 7.07. The molecule has 0 spiro atoms. The normalized spacial score (nSPS) is 27.7. The van der Waals surface area contributed by atoms with Gasteiger partial charge in [-0.3, -0.25) is 9.59 Å². The maximum absolute atomic E-state index is 11.6. The molecule has 0 radical (unpaired) electrons. The minimum Gasteiger partial charge on any atom is -0.545 e. The molecule has 2 aliphatic carbocycles. The Hall–Kier alpha value is -0.334. The summed E-state index contributed by atoms with van der Waals surface area (Å²) in [5.41, 5.74) is -0.229. The number of ketones is 2. The van der Waals surface area contributed by atoms with E-state index < -0.39 is 5.97 Å². The molecule has 3 rings (SSSR count). The Kier molecular flexibility index (Phi) is 6.32. The van der Waals surface area contributed by atoms with Crippen molar-refractivity contribution in [1.82, 2.24) is 0 Å². The van der Waals surface area contributed by atoms with E-state index in [-0.39, 0.29) is 85.3 Å². The van der Waals surface area contributed by atoms with Crippen LogP contribution < -0.4 is 56.5 Å². The SMILES string of the molecule is CC12CCC(C(=O)C1=O)C2(C)C.O=C([O-])c1ccccc1.[K+]. The third kappa shape index (κ3) is 3.15. The molecule has 2 unspecified atom stereocenters. The summed E-state index contributed by atoms with van der Waals surface area (Å²) in [5.74, 6) is -1.36. The Balaban J connectivity index is 0.000000219. The second-order valence-electron chi connectivity index (χ2n) is 6.49. The zero-order chi connectivity index (χ0) is 15.8. The van der Waals surface area contributed by atoms with Gasteiger partial charge in [0.1, 0.15) is 0 Å². The van der Waals surface area contributed by atoms with Crippen molar-refractivity contribution in [1.29, 1.82) is 0 Å². The molecule has 5 heteroatoms. The minimum atomic E-state index is -1.13. The molecule has 0 aliphatic heterocycles. The van der Waals surface area contributed by atoms with E-state index in [2.05, 4.69) is 0 Å². The molecule has 112 valence electrons. The first kappa shape index (κ1) is 19.7. The summed E-state index contributed by atoms with van der Waals surface area (Å²) < 4.78 is 0. The van der Waals surface area contributed by atoms with Crippen LogP contribution in [0.4, 0.5) is 0 Å². The summed E-state index contributed by atoms with van der Waals surface area (Å²) in [6, 6.07) is 8.06. The first-order chi connectivity index (χ1) is 9.72. The molecule has 0 aromatic heterocycles. The number of rotatable bonds is 1. The summed E-state index contributed by atoms with van der Waals surface area (Å²) in [6.45, 7) is 6.04. The van der Waals surface area contributed by atoms with Gasteiger partial charge in [0.05, 0.1) is 5.97 Å². The van der Waals surface area contributed by atoms with Gasteiger partial charge in [-0.25, -0.2) is 0 Å². The summed E-state index contributed by atoms with van der Waals surface area (Å²) in [7, 11) is 0. The van der Waals surface area contributed by atoms with Crippen LogP contribution in [0, 0.1) is 16.7 Å². The fraction of sp³-hybridized carbons (Fsp3) is 0.471. The van der Waals surface area contributed by atoms with Gasteiger partial charge in [-0.05, 0) is 23.8 Å². The van der Waals surface area contributed by atoms with Crippen LogP contribution in [0.15, 0.2) is 30.3 Å². The van der Waals surface area contributed by atoms with Gasteiger partial charge in [0.25, 0.3) is 0 Å². The van der Waals surface area contributed by atoms with Crippen LogP contribution >= 0.6 is 0 Å². The summed E-state index contributed by atoms with van der Waals surface area (Å²) in [6.07, 6.45) is 1.81. The average molecular weight is 326 g/mol. The van der Waals surface area contributed by atoms with E-state index in [4.69, 9.17) is 0 Å².